The number of carbonyl (C=O) groups excluding carboxylic acids is 1. The van der Waals surface area contributed by atoms with Crippen LogP contribution in [-0.2, 0) is 4.74 Å². The number of carbonyl (C=O) groups is 1. The molecule has 3 nitrogen and oxygen atoms in total. The molecule has 3 fully saturated rings. The summed E-state index contributed by atoms with van der Waals surface area (Å²) in [4.78, 5) is 13.7. The summed E-state index contributed by atoms with van der Waals surface area (Å²) in [6.45, 7) is 9.69. The maximum atomic E-state index is 11.8. The zero-order chi connectivity index (χ0) is 11.2. The van der Waals surface area contributed by atoms with Crippen molar-refractivity contribution in [2.45, 2.75) is 57.7 Å². The second-order valence-electron chi connectivity index (χ2n) is 5.59. The highest BCUT2D eigenvalue weighted by Crippen LogP contribution is 2.40. The number of rotatable bonds is 0. The van der Waals surface area contributed by atoms with Crippen molar-refractivity contribution in [3.8, 4) is 0 Å². The predicted molar refractivity (Wildman–Crippen MR) is 58.6 cm³/mol. The highest BCUT2D eigenvalue weighted by Gasteiger charge is 2.46. The third-order valence-corrected chi connectivity index (χ3v) is 2.98. The lowest BCUT2D eigenvalue weighted by Gasteiger charge is -2.53. The Hall–Kier alpha value is -0.990. The first-order valence-corrected chi connectivity index (χ1v) is 5.55. The topological polar surface area (TPSA) is 29.5 Å². The fourth-order valence-electron chi connectivity index (χ4n) is 2.43. The summed E-state index contributed by atoms with van der Waals surface area (Å²) in [5.74, 6) is 0. The normalized spacial score (nSPS) is 29.8. The fraction of sp³-hybridized carbons (Fsp3) is 0.750. The molecule has 1 amide bonds. The van der Waals surface area contributed by atoms with E-state index in [1.165, 1.54) is 5.57 Å². The van der Waals surface area contributed by atoms with Crippen molar-refractivity contribution in [2.24, 2.45) is 0 Å². The van der Waals surface area contributed by atoms with E-state index >= 15 is 0 Å². The smallest absolute Gasteiger partial charge is 0.410 e. The number of ether oxygens (including phenoxy) is 1. The molecule has 2 atom stereocenters. The largest absolute Gasteiger partial charge is 0.444 e. The fourth-order valence-corrected chi connectivity index (χ4v) is 2.43. The standard InChI is InChI=1S/C12H19NO2/c1-8-5-9-7-10(6-8)13(9)11(14)15-12(2,3)4/h9-10H,1,5-7H2,2-4H3. The molecule has 0 aromatic heterocycles. The minimum atomic E-state index is -0.391. The molecule has 0 spiro atoms. The van der Waals surface area contributed by atoms with E-state index in [2.05, 4.69) is 6.58 Å². The van der Waals surface area contributed by atoms with Crippen LogP contribution in [0.3, 0.4) is 0 Å². The lowest BCUT2D eigenvalue weighted by molar-refractivity contribution is -0.0406. The first-order valence-electron chi connectivity index (χ1n) is 5.55. The van der Waals surface area contributed by atoms with Crippen LogP contribution in [0.25, 0.3) is 0 Å². The number of amides is 1. The van der Waals surface area contributed by atoms with Crippen molar-refractivity contribution in [2.75, 3.05) is 0 Å². The second-order valence-corrected chi connectivity index (χ2v) is 5.59. The van der Waals surface area contributed by atoms with E-state index in [1.807, 2.05) is 25.7 Å². The molecule has 15 heavy (non-hydrogen) atoms. The maximum absolute atomic E-state index is 11.8. The third-order valence-electron chi connectivity index (χ3n) is 2.98. The molecule has 0 N–H and O–H groups in total. The summed E-state index contributed by atoms with van der Waals surface area (Å²) in [6.07, 6.45) is 2.88. The maximum Gasteiger partial charge on any atom is 0.410 e. The van der Waals surface area contributed by atoms with Crippen molar-refractivity contribution in [1.29, 1.82) is 0 Å². The average molecular weight is 209 g/mol. The molecular formula is C12H19NO2. The van der Waals surface area contributed by atoms with E-state index in [9.17, 15) is 4.79 Å². The SMILES string of the molecule is C=C1CC2CC(C1)N2C(=O)OC(C)(C)C. The van der Waals surface area contributed by atoms with Gasteiger partial charge in [0.1, 0.15) is 5.60 Å². The Kier molecular flexibility index (Phi) is 2.28. The van der Waals surface area contributed by atoms with E-state index in [4.69, 9.17) is 4.74 Å². The predicted octanol–water partition coefficient (Wildman–Crippen LogP) is 2.71. The lowest BCUT2D eigenvalue weighted by atomic mass is 9.78. The molecule has 3 heteroatoms. The van der Waals surface area contributed by atoms with Crippen LogP contribution in [0.5, 0.6) is 0 Å². The minimum Gasteiger partial charge on any atom is -0.444 e. The van der Waals surface area contributed by atoms with Gasteiger partial charge in [0.05, 0.1) is 0 Å². The van der Waals surface area contributed by atoms with Gasteiger partial charge in [0, 0.05) is 12.1 Å². The first kappa shape index (κ1) is 10.5. The van der Waals surface area contributed by atoms with Gasteiger partial charge in [-0.05, 0) is 40.0 Å². The van der Waals surface area contributed by atoms with E-state index in [0.29, 0.717) is 12.1 Å². The Labute approximate surface area is 91.1 Å². The summed E-state index contributed by atoms with van der Waals surface area (Å²) < 4.78 is 5.37. The first-order chi connectivity index (χ1) is 6.87. The van der Waals surface area contributed by atoms with Gasteiger partial charge in [0.25, 0.3) is 0 Å². The monoisotopic (exact) mass is 209 g/mol. The molecular weight excluding hydrogens is 190 g/mol. The van der Waals surface area contributed by atoms with Crippen molar-refractivity contribution in [1.82, 2.24) is 4.90 Å². The second kappa shape index (κ2) is 3.26. The van der Waals surface area contributed by atoms with Crippen molar-refractivity contribution in [3.63, 3.8) is 0 Å². The summed E-state index contributed by atoms with van der Waals surface area (Å²) in [5.41, 5.74) is 0.883. The molecule has 2 heterocycles. The van der Waals surface area contributed by atoms with Crippen molar-refractivity contribution >= 4 is 6.09 Å². The van der Waals surface area contributed by atoms with Gasteiger partial charge >= 0.3 is 6.09 Å². The Morgan fingerprint density at radius 2 is 1.93 bits per heavy atom. The molecule has 3 aliphatic rings. The minimum absolute atomic E-state index is 0.156. The molecule has 0 aromatic rings. The average Bonchev–Trinajstić information content (AvgIpc) is 1.98. The van der Waals surface area contributed by atoms with Crippen LogP contribution in [-0.4, -0.2) is 28.7 Å². The summed E-state index contributed by atoms with van der Waals surface area (Å²) in [7, 11) is 0. The molecule has 2 bridgehead atoms. The number of fused-ring (bicyclic) bond motifs is 2. The zero-order valence-corrected chi connectivity index (χ0v) is 9.75. The van der Waals surface area contributed by atoms with Gasteiger partial charge in [-0.3, -0.25) is 0 Å². The summed E-state index contributed by atoms with van der Waals surface area (Å²) >= 11 is 0. The Balaban J connectivity index is 1.96. The molecule has 3 rings (SSSR count). The third kappa shape index (κ3) is 2.01. The van der Waals surface area contributed by atoms with Crippen LogP contribution in [0.15, 0.2) is 12.2 Å². The van der Waals surface area contributed by atoms with Gasteiger partial charge in [0.2, 0.25) is 0 Å². The van der Waals surface area contributed by atoms with Gasteiger partial charge < -0.3 is 9.64 Å². The lowest BCUT2D eigenvalue weighted by Crippen LogP contribution is -2.62. The van der Waals surface area contributed by atoms with Crippen molar-refractivity contribution in [3.05, 3.63) is 12.2 Å². The van der Waals surface area contributed by atoms with E-state index < -0.39 is 5.60 Å². The molecule has 2 aliphatic heterocycles. The highest BCUT2D eigenvalue weighted by molar-refractivity contribution is 5.70. The van der Waals surface area contributed by atoms with Gasteiger partial charge in [-0.15, -0.1) is 0 Å². The molecule has 1 aliphatic carbocycles. The van der Waals surface area contributed by atoms with Crippen LogP contribution < -0.4 is 0 Å². The van der Waals surface area contributed by atoms with Gasteiger partial charge in [0.15, 0.2) is 0 Å². The highest BCUT2D eigenvalue weighted by atomic mass is 16.6. The molecule has 1 saturated carbocycles. The van der Waals surface area contributed by atoms with Crippen LogP contribution >= 0.6 is 0 Å². The number of hydrogen-bond acceptors (Lipinski definition) is 2. The van der Waals surface area contributed by atoms with Gasteiger partial charge in [-0.2, -0.15) is 0 Å². The molecule has 0 radical (unpaired) electrons. The number of piperidine rings is 1. The van der Waals surface area contributed by atoms with Gasteiger partial charge in [-0.25, -0.2) is 4.79 Å². The Morgan fingerprint density at radius 1 is 1.40 bits per heavy atom. The molecule has 2 saturated heterocycles. The zero-order valence-electron chi connectivity index (χ0n) is 9.75. The van der Waals surface area contributed by atoms with Gasteiger partial charge in [-0.1, -0.05) is 12.2 Å². The van der Waals surface area contributed by atoms with Crippen molar-refractivity contribution < 1.29 is 9.53 Å². The van der Waals surface area contributed by atoms with Crippen LogP contribution in [0, 0.1) is 0 Å². The quantitative estimate of drug-likeness (QED) is 0.574. The Bertz CT molecular complexity index is 289. The van der Waals surface area contributed by atoms with Crippen LogP contribution in [0.4, 0.5) is 4.79 Å². The number of nitrogens with zero attached hydrogens (tertiary/aromatic N) is 1. The molecule has 2 unspecified atom stereocenters. The summed E-state index contributed by atoms with van der Waals surface area (Å²) in [6, 6.07) is 0.706. The molecule has 84 valence electrons. The number of hydrogen-bond donors (Lipinski definition) is 0. The van der Waals surface area contributed by atoms with E-state index in [-0.39, 0.29) is 6.09 Å². The van der Waals surface area contributed by atoms with Crippen LogP contribution in [0.2, 0.25) is 0 Å². The van der Waals surface area contributed by atoms with E-state index in [1.54, 1.807) is 0 Å². The molecule has 0 aromatic carbocycles. The van der Waals surface area contributed by atoms with E-state index in [0.717, 1.165) is 19.3 Å². The van der Waals surface area contributed by atoms with Crippen LogP contribution in [0.1, 0.15) is 40.0 Å². The Morgan fingerprint density at radius 3 is 2.40 bits per heavy atom. The summed E-state index contributed by atoms with van der Waals surface area (Å²) in [5, 5.41) is 0.